The minimum Gasteiger partial charge on any atom is -0.379 e. The summed E-state index contributed by atoms with van der Waals surface area (Å²) in [6.45, 7) is 5.89. The van der Waals surface area contributed by atoms with Crippen molar-refractivity contribution in [2.24, 2.45) is 5.73 Å². The number of hydrogen-bond acceptors (Lipinski definition) is 5. The first-order chi connectivity index (χ1) is 7.81. The predicted octanol–water partition coefficient (Wildman–Crippen LogP) is 0.117. The Morgan fingerprint density at radius 1 is 1.38 bits per heavy atom. The molecule has 2 heterocycles. The number of aryl methyl sites for hydroxylation is 1. The summed E-state index contributed by atoms with van der Waals surface area (Å²) in [4.78, 5) is 10.8. The van der Waals surface area contributed by atoms with Crippen molar-refractivity contribution in [3.05, 3.63) is 23.8 Å². The van der Waals surface area contributed by atoms with Crippen molar-refractivity contribution in [2.75, 3.05) is 32.8 Å². The van der Waals surface area contributed by atoms with E-state index in [1.54, 1.807) is 0 Å². The summed E-state index contributed by atoms with van der Waals surface area (Å²) in [6, 6.07) is 0.212. The van der Waals surface area contributed by atoms with E-state index < -0.39 is 0 Å². The van der Waals surface area contributed by atoms with Crippen molar-refractivity contribution in [1.29, 1.82) is 0 Å². The van der Waals surface area contributed by atoms with E-state index in [1.165, 1.54) is 0 Å². The van der Waals surface area contributed by atoms with Gasteiger partial charge in [0.05, 0.1) is 19.3 Å². The lowest BCUT2D eigenvalue weighted by Crippen LogP contribution is -2.41. The van der Waals surface area contributed by atoms with Gasteiger partial charge in [0, 0.05) is 37.6 Å². The van der Waals surface area contributed by atoms with Gasteiger partial charge in [0.25, 0.3) is 0 Å². The number of aromatic nitrogens is 2. The van der Waals surface area contributed by atoms with Gasteiger partial charge in [-0.1, -0.05) is 0 Å². The van der Waals surface area contributed by atoms with E-state index in [0.29, 0.717) is 6.54 Å². The molecule has 1 aromatic heterocycles. The molecule has 88 valence electrons. The van der Waals surface area contributed by atoms with E-state index in [4.69, 9.17) is 10.5 Å². The van der Waals surface area contributed by atoms with Gasteiger partial charge >= 0.3 is 0 Å². The Morgan fingerprint density at radius 3 is 2.56 bits per heavy atom. The van der Waals surface area contributed by atoms with Crippen LogP contribution in [0.15, 0.2) is 12.4 Å². The number of ether oxygens (including phenoxy) is 1. The summed E-state index contributed by atoms with van der Waals surface area (Å²) in [7, 11) is 0. The molecule has 1 aromatic rings. The maximum absolute atomic E-state index is 5.84. The van der Waals surface area contributed by atoms with Crippen LogP contribution in [0.1, 0.15) is 17.4 Å². The molecule has 1 atom stereocenters. The summed E-state index contributed by atoms with van der Waals surface area (Å²) in [6.07, 6.45) is 3.74. The Morgan fingerprint density at radius 2 is 2.00 bits per heavy atom. The van der Waals surface area contributed by atoms with Crippen LogP contribution in [-0.2, 0) is 4.74 Å². The number of nitrogens with two attached hydrogens (primary N) is 1. The number of nitrogens with zero attached hydrogens (tertiary/aromatic N) is 3. The Kier molecular flexibility index (Phi) is 3.82. The average molecular weight is 222 g/mol. The van der Waals surface area contributed by atoms with Gasteiger partial charge in [-0.05, 0) is 6.92 Å². The molecule has 2 rings (SSSR count). The fraction of sp³-hybridized carbons (Fsp3) is 0.636. The highest BCUT2D eigenvalue weighted by molar-refractivity contribution is 5.11. The molecular formula is C11H18N4O. The van der Waals surface area contributed by atoms with Crippen molar-refractivity contribution in [2.45, 2.75) is 13.0 Å². The van der Waals surface area contributed by atoms with Crippen molar-refractivity contribution in [3.8, 4) is 0 Å². The van der Waals surface area contributed by atoms with Crippen LogP contribution in [0.4, 0.5) is 0 Å². The molecule has 16 heavy (non-hydrogen) atoms. The summed E-state index contributed by atoms with van der Waals surface area (Å²) >= 11 is 0. The third-order valence-electron chi connectivity index (χ3n) is 2.90. The van der Waals surface area contributed by atoms with E-state index in [1.807, 2.05) is 19.3 Å². The molecule has 0 bridgehead atoms. The molecule has 5 heteroatoms. The smallest absolute Gasteiger partial charge is 0.125 e. The molecular weight excluding hydrogens is 204 g/mol. The normalized spacial score (nSPS) is 19.6. The number of morpholine rings is 1. The fourth-order valence-corrected chi connectivity index (χ4v) is 1.96. The lowest BCUT2D eigenvalue weighted by Gasteiger charge is -2.33. The summed E-state index contributed by atoms with van der Waals surface area (Å²) < 4.78 is 5.34. The maximum atomic E-state index is 5.84. The second-order valence-corrected chi connectivity index (χ2v) is 3.96. The van der Waals surface area contributed by atoms with Gasteiger partial charge in [0.15, 0.2) is 0 Å². The summed E-state index contributed by atoms with van der Waals surface area (Å²) in [5.41, 5.74) is 6.93. The van der Waals surface area contributed by atoms with Gasteiger partial charge in [-0.3, -0.25) is 4.90 Å². The monoisotopic (exact) mass is 222 g/mol. The van der Waals surface area contributed by atoms with Crippen LogP contribution in [0.3, 0.4) is 0 Å². The first kappa shape index (κ1) is 11.4. The zero-order valence-corrected chi connectivity index (χ0v) is 9.59. The Bertz CT molecular complexity index is 321. The number of rotatable bonds is 3. The predicted molar refractivity (Wildman–Crippen MR) is 61.0 cm³/mol. The highest BCUT2D eigenvalue weighted by Crippen LogP contribution is 2.19. The SMILES string of the molecule is Cc1ncc([C@H](CN)N2CCOCC2)cn1. The molecule has 1 fully saturated rings. The van der Waals surface area contributed by atoms with Crippen LogP contribution in [0.5, 0.6) is 0 Å². The van der Waals surface area contributed by atoms with Gasteiger partial charge in [-0.25, -0.2) is 9.97 Å². The Labute approximate surface area is 95.6 Å². The molecule has 1 aliphatic heterocycles. The lowest BCUT2D eigenvalue weighted by atomic mass is 10.1. The molecule has 0 saturated carbocycles. The minimum absolute atomic E-state index is 0.212. The highest BCUT2D eigenvalue weighted by atomic mass is 16.5. The third kappa shape index (κ3) is 2.55. The molecule has 0 aliphatic carbocycles. The molecule has 0 amide bonds. The topological polar surface area (TPSA) is 64.3 Å². The largest absolute Gasteiger partial charge is 0.379 e. The van der Waals surface area contributed by atoms with Crippen molar-refractivity contribution < 1.29 is 4.74 Å². The molecule has 0 unspecified atom stereocenters. The highest BCUT2D eigenvalue weighted by Gasteiger charge is 2.21. The zero-order chi connectivity index (χ0) is 11.4. The van der Waals surface area contributed by atoms with Gasteiger partial charge in [0.1, 0.15) is 5.82 Å². The van der Waals surface area contributed by atoms with Crippen LogP contribution in [0.25, 0.3) is 0 Å². The summed E-state index contributed by atoms with van der Waals surface area (Å²) in [5, 5.41) is 0. The molecule has 2 N–H and O–H groups in total. The lowest BCUT2D eigenvalue weighted by molar-refractivity contribution is 0.0177. The van der Waals surface area contributed by atoms with Crippen LogP contribution >= 0.6 is 0 Å². The second-order valence-electron chi connectivity index (χ2n) is 3.96. The molecule has 1 saturated heterocycles. The maximum Gasteiger partial charge on any atom is 0.125 e. The third-order valence-corrected chi connectivity index (χ3v) is 2.90. The van der Waals surface area contributed by atoms with Crippen LogP contribution in [0.2, 0.25) is 0 Å². The molecule has 0 aromatic carbocycles. The van der Waals surface area contributed by atoms with Crippen molar-refractivity contribution in [3.63, 3.8) is 0 Å². The van der Waals surface area contributed by atoms with Crippen LogP contribution in [-0.4, -0.2) is 47.7 Å². The molecule has 0 spiro atoms. The van der Waals surface area contributed by atoms with Crippen molar-refractivity contribution >= 4 is 0 Å². The Hall–Kier alpha value is -1.04. The van der Waals surface area contributed by atoms with E-state index in [2.05, 4.69) is 14.9 Å². The zero-order valence-electron chi connectivity index (χ0n) is 9.59. The quantitative estimate of drug-likeness (QED) is 0.786. The van der Waals surface area contributed by atoms with Gasteiger partial charge in [0.2, 0.25) is 0 Å². The van der Waals surface area contributed by atoms with Gasteiger partial charge < -0.3 is 10.5 Å². The summed E-state index contributed by atoms with van der Waals surface area (Å²) in [5.74, 6) is 0.793. The fourth-order valence-electron chi connectivity index (χ4n) is 1.96. The van der Waals surface area contributed by atoms with E-state index in [-0.39, 0.29) is 6.04 Å². The molecule has 0 radical (unpaired) electrons. The van der Waals surface area contributed by atoms with Crippen LogP contribution in [0, 0.1) is 6.92 Å². The second kappa shape index (κ2) is 5.34. The van der Waals surface area contributed by atoms with E-state index in [0.717, 1.165) is 37.7 Å². The van der Waals surface area contributed by atoms with Gasteiger partial charge in [-0.2, -0.15) is 0 Å². The first-order valence-corrected chi connectivity index (χ1v) is 5.61. The van der Waals surface area contributed by atoms with E-state index in [9.17, 15) is 0 Å². The average Bonchev–Trinajstić information content (AvgIpc) is 2.34. The standard InChI is InChI=1S/C11H18N4O/c1-9-13-7-10(8-14-9)11(6-12)15-2-4-16-5-3-15/h7-8,11H,2-6,12H2,1H3/t11-/m0/s1. The van der Waals surface area contributed by atoms with Crippen LogP contribution < -0.4 is 5.73 Å². The molecule has 5 nitrogen and oxygen atoms in total. The minimum atomic E-state index is 0.212. The Balaban J connectivity index is 2.11. The first-order valence-electron chi connectivity index (χ1n) is 5.61. The van der Waals surface area contributed by atoms with E-state index >= 15 is 0 Å². The van der Waals surface area contributed by atoms with Crippen molar-refractivity contribution in [1.82, 2.24) is 14.9 Å². The molecule has 1 aliphatic rings. The number of hydrogen-bond donors (Lipinski definition) is 1. The van der Waals surface area contributed by atoms with Gasteiger partial charge in [-0.15, -0.1) is 0 Å².